The second-order valence-corrected chi connectivity index (χ2v) is 20.6. The van der Waals surface area contributed by atoms with Gasteiger partial charge in [-0.15, -0.1) is 11.8 Å². The van der Waals surface area contributed by atoms with Gasteiger partial charge in [0.25, 0.3) is 10.9 Å². The number of carbonyl (C=O) groups excluding carboxylic acids is 2. The molecule has 10 nitrogen and oxygen atoms in total. The van der Waals surface area contributed by atoms with Gasteiger partial charge < -0.3 is 36.0 Å². The lowest BCUT2D eigenvalue weighted by Gasteiger charge is -2.31. The van der Waals surface area contributed by atoms with Crippen molar-refractivity contribution >= 4 is 95.9 Å². The number of aromatic nitrogens is 1. The van der Waals surface area contributed by atoms with Crippen LogP contribution in [0.4, 0.5) is 17.1 Å². The third kappa shape index (κ3) is 13.9. The lowest BCUT2D eigenvalue weighted by atomic mass is 10.1. The molecule has 2 fully saturated rings. The molecule has 3 heterocycles. The van der Waals surface area contributed by atoms with E-state index in [1.807, 2.05) is 42.1 Å². The van der Waals surface area contributed by atoms with Crippen LogP contribution in [0.1, 0.15) is 48.2 Å². The van der Waals surface area contributed by atoms with Gasteiger partial charge in [-0.1, -0.05) is 81.5 Å². The first-order chi connectivity index (χ1) is 30.4. The van der Waals surface area contributed by atoms with Crippen LogP contribution in [-0.4, -0.2) is 97.3 Å². The molecule has 5 aromatic rings. The molecule has 0 saturated carbocycles. The summed E-state index contributed by atoms with van der Waals surface area (Å²) in [6.07, 6.45) is 9.23. The molecule has 7 rings (SSSR count). The van der Waals surface area contributed by atoms with E-state index in [2.05, 4.69) is 109 Å². The molecule has 328 valence electrons. The molecule has 0 atom stereocenters. The first-order valence-corrected chi connectivity index (χ1v) is 26.0. The molecule has 62 heavy (non-hydrogen) atoms. The number of aliphatic hydroxyl groups excluding tert-OH is 2. The number of thiazole rings is 1. The molecule has 2 aliphatic heterocycles. The number of fused-ring (bicyclic) bond motifs is 1. The van der Waals surface area contributed by atoms with Crippen LogP contribution < -0.4 is 30.3 Å². The van der Waals surface area contributed by atoms with Crippen LogP contribution in [0.25, 0.3) is 22.4 Å². The number of anilines is 3. The maximum atomic E-state index is 13.1. The molecule has 14 heteroatoms. The van der Waals surface area contributed by atoms with Crippen molar-refractivity contribution in [3.8, 4) is 0 Å². The number of amides is 2. The van der Waals surface area contributed by atoms with Crippen LogP contribution in [0.2, 0.25) is 0 Å². The largest absolute Gasteiger partial charge is 0.393 e. The average Bonchev–Trinajstić information content (AvgIpc) is 3.65. The zero-order valence-corrected chi connectivity index (χ0v) is 38.5. The third-order valence-electron chi connectivity index (χ3n) is 11.1. The summed E-state index contributed by atoms with van der Waals surface area (Å²) in [5, 5.41) is 30.1. The maximum absolute atomic E-state index is 13.1. The third-order valence-corrected chi connectivity index (χ3v) is 15.8. The lowest BCUT2D eigenvalue weighted by molar-refractivity contribution is -0.655. The van der Waals surface area contributed by atoms with E-state index in [1.54, 1.807) is 32.9 Å². The Bertz CT molecular complexity index is 2200. The average molecular weight is 912 g/mol. The Kier molecular flexibility index (Phi) is 17.8. The SMILES string of the molecule is O=C(CNc1ccccc1SCCCc1ccc(N2CCC(O)CC2)cc1)NCCSSCCNC(=O)C[n+]1c(C=Cc2ccc(N3CCC(O)CC3)cc2)sc2ccccc21. The normalized spacial score (nSPS) is 15.1. The number of nitrogens with zero attached hydrogens (tertiary/aromatic N) is 3. The molecule has 0 unspecified atom stereocenters. The zero-order chi connectivity index (χ0) is 42.9. The number of benzene rings is 4. The minimum absolute atomic E-state index is 0.0212. The van der Waals surface area contributed by atoms with Gasteiger partial charge in [-0.2, -0.15) is 4.57 Å². The van der Waals surface area contributed by atoms with Gasteiger partial charge in [-0.25, -0.2) is 0 Å². The van der Waals surface area contributed by atoms with Crippen molar-refractivity contribution in [1.29, 1.82) is 0 Å². The number of piperidine rings is 2. The highest BCUT2D eigenvalue weighted by Crippen LogP contribution is 2.29. The zero-order valence-electron chi connectivity index (χ0n) is 35.3. The first-order valence-electron chi connectivity index (χ1n) is 21.8. The summed E-state index contributed by atoms with van der Waals surface area (Å²) in [7, 11) is 3.39. The quantitative estimate of drug-likeness (QED) is 0.0217. The van der Waals surface area contributed by atoms with Gasteiger partial charge in [-0.3, -0.25) is 9.59 Å². The molecular weight excluding hydrogens is 853 g/mol. The second-order valence-electron chi connectivity index (χ2n) is 15.7. The number of aliphatic hydroxyl groups is 2. The van der Waals surface area contributed by atoms with Gasteiger partial charge in [0.1, 0.15) is 4.70 Å². The molecule has 0 aliphatic carbocycles. The molecule has 0 bridgehead atoms. The van der Waals surface area contributed by atoms with Crippen molar-refractivity contribution in [1.82, 2.24) is 10.6 Å². The minimum Gasteiger partial charge on any atom is -0.393 e. The summed E-state index contributed by atoms with van der Waals surface area (Å²) in [6, 6.07) is 33.8. The van der Waals surface area contributed by atoms with Gasteiger partial charge in [0, 0.05) is 84.9 Å². The first kappa shape index (κ1) is 45.8. The predicted molar refractivity (Wildman–Crippen MR) is 264 cm³/mol. The Labute approximate surface area is 382 Å². The van der Waals surface area contributed by atoms with Crippen molar-refractivity contribution in [3.05, 3.63) is 113 Å². The highest BCUT2D eigenvalue weighted by atomic mass is 33.1. The summed E-state index contributed by atoms with van der Waals surface area (Å²) >= 11 is 3.49. The van der Waals surface area contributed by atoms with E-state index in [9.17, 15) is 19.8 Å². The van der Waals surface area contributed by atoms with Crippen molar-refractivity contribution in [2.75, 3.05) is 78.2 Å². The number of rotatable bonds is 21. The molecule has 5 N–H and O–H groups in total. The highest BCUT2D eigenvalue weighted by molar-refractivity contribution is 8.76. The van der Waals surface area contributed by atoms with Crippen LogP contribution in [-0.2, 0) is 22.6 Å². The van der Waals surface area contributed by atoms with E-state index in [0.717, 1.165) is 113 Å². The van der Waals surface area contributed by atoms with Crippen LogP contribution in [0.15, 0.2) is 102 Å². The smallest absolute Gasteiger partial charge is 0.286 e. The van der Waals surface area contributed by atoms with E-state index in [0.29, 0.717) is 13.1 Å². The number of carbonyl (C=O) groups is 2. The molecule has 2 saturated heterocycles. The number of hydrogen-bond donors (Lipinski definition) is 5. The second kappa shape index (κ2) is 24.0. The molecule has 2 amide bonds. The fourth-order valence-corrected chi connectivity index (χ4v) is 11.5. The molecule has 0 spiro atoms. The predicted octanol–water partition coefficient (Wildman–Crippen LogP) is 7.73. The fraction of sp³-hybridized carbons (Fsp3) is 0.396. The Morgan fingerprint density at radius 3 is 1.98 bits per heavy atom. The van der Waals surface area contributed by atoms with Crippen molar-refractivity contribution in [2.45, 2.75) is 62.2 Å². The maximum Gasteiger partial charge on any atom is 0.286 e. The van der Waals surface area contributed by atoms with Gasteiger partial charge in [0.15, 0.2) is 0 Å². The van der Waals surface area contributed by atoms with Crippen molar-refractivity contribution in [3.63, 3.8) is 0 Å². The van der Waals surface area contributed by atoms with E-state index < -0.39 is 0 Å². The lowest BCUT2D eigenvalue weighted by Crippen LogP contribution is -2.44. The van der Waals surface area contributed by atoms with Gasteiger partial charge in [-0.05, 0) is 104 Å². The molecular formula is C48H59N6O4S4+. The van der Waals surface area contributed by atoms with Crippen LogP contribution in [0.3, 0.4) is 0 Å². The van der Waals surface area contributed by atoms with E-state index >= 15 is 0 Å². The van der Waals surface area contributed by atoms with E-state index in [1.165, 1.54) is 16.9 Å². The highest BCUT2D eigenvalue weighted by Gasteiger charge is 2.22. The van der Waals surface area contributed by atoms with E-state index in [4.69, 9.17) is 0 Å². The van der Waals surface area contributed by atoms with Crippen molar-refractivity contribution < 1.29 is 24.4 Å². The van der Waals surface area contributed by atoms with E-state index in [-0.39, 0.29) is 37.1 Å². The standard InChI is InChI=1S/C48H58N6O4S4/c55-40-21-27-52(28-22-40)38-16-11-36(12-17-38)6-5-31-59-44-9-3-1-7-42(44)51-34-46(57)49-25-32-60-61-33-26-50-47(58)35-54-43-8-2-4-10-45(43)62-48(54)20-15-37-13-18-39(19-14-37)53-29-23-41(56)24-30-53/h1-4,7-20,40-41,51,55-56H,5-6,21-35H2,(H-,49,50,57,58)/p+1. The number of hydrogen-bond acceptors (Lipinski definition) is 11. The van der Waals surface area contributed by atoms with Crippen LogP contribution >= 0.6 is 44.7 Å². The Morgan fingerprint density at radius 1 is 0.710 bits per heavy atom. The Hall–Kier alpha value is -4.18. The fourth-order valence-electron chi connectivity index (χ4n) is 7.64. The summed E-state index contributed by atoms with van der Waals surface area (Å²) in [5.74, 6) is 2.48. The molecule has 2 aliphatic rings. The van der Waals surface area contributed by atoms with Gasteiger partial charge >= 0.3 is 0 Å². The summed E-state index contributed by atoms with van der Waals surface area (Å²) < 4.78 is 3.22. The van der Waals surface area contributed by atoms with Crippen LogP contribution in [0.5, 0.6) is 0 Å². The summed E-state index contributed by atoms with van der Waals surface area (Å²) in [5.41, 5.74) is 6.87. The number of para-hydroxylation sites is 2. The van der Waals surface area contributed by atoms with Crippen LogP contribution in [0, 0.1) is 0 Å². The van der Waals surface area contributed by atoms with Crippen molar-refractivity contribution in [2.24, 2.45) is 0 Å². The Morgan fingerprint density at radius 2 is 1.31 bits per heavy atom. The monoisotopic (exact) mass is 911 g/mol. The number of thioether (sulfide) groups is 1. The number of nitrogens with one attached hydrogen (secondary N) is 3. The summed E-state index contributed by atoms with van der Waals surface area (Å²) in [6.45, 7) is 5.18. The minimum atomic E-state index is -0.186. The Balaban J connectivity index is 0.754. The number of aryl methyl sites for hydroxylation is 1. The topological polar surface area (TPSA) is 121 Å². The molecule has 0 radical (unpaired) electrons. The molecule has 4 aromatic carbocycles. The molecule has 1 aromatic heterocycles. The summed E-state index contributed by atoms with van der Waals surface area (Å²) in [4.78, 5) is 31.6. The van der Waals surface area contributed by atoms with Gasteiger partial charge in [0.2, 0.25) is 18.0 Å². The van der Waals surface area contributed by atoms with Gasteiger partial charge in [0.05, 0.1) is 18.8 Å².